The lowest BCUT2D eigenvalue weighted by Crippen LogP contribution is -2.20. The van der Waals surface area contributed by atoms with Gasteiger partial charge in [-0.15, -0.1) is 23.1 Å². The van der Waals surface area contributed by atoms with Gasteiger partial charge < -0.3 is 5.32 Å². The van der Waals surface area contributed by atoms with E-state index in [4.69, 9.17) is 11.6 Å². The molecular weight excluding hydrogens is 282 g/mol. The highest BCUT2D eigenvalue weighted by molar-refractivity contribution is 7.99. The van der Waals surface area contributed by atoms with E-state index >= 15 is 0 Å². The maximum Gasteiger partial charge on any atom is 0.0931 e. The highest BCUT2D eigenvalue weighted by atomic mass is 35.5. The molecule has 0 aliphatic heterocycles. The zero-order chi connectivity index (χ0) is 12.8. The van der Waals surface area contributed by atoms with Gasteiger partial charge in [0.2, 0.25) is 0 Å². The molecule has 4 heteroatoms. The molecule has 0 aliphatic carbocycles. The molecule has 0 aliphatic rings. The largest absolute Gasteiger partial charge is 0.309 e. The maximum atomic E-state index is 5.93. The number of hydrogen-bond acceptors (Lipinski definition) is 3. The van der Waals surface area contributed by atoms with Gasteiger partial charge in [0.25, 0.3) is 0 Å². The minimum absolute atomic E-state index is 0.366. The van der Waals surface area contributed by atoms with E-state index in [0.717, 1.165) is 16.6 Å². The topological polar surface area (TPSA) is 12.0 Å². The van der Waals surface area contributed by atoms with Crippen LogP contribution in [0.5, 0.6) is 0 Å². The Bertz CT molecular complexity index is 470. The van der Waals surface area contributed by atoms with E-state index in [1.54, 1.807) is 11.3 Å². The Balaban J connectivity index is 1.69. The summed E-state index contributed by atoms with van der Waals surface area (Å²) in [5, 5.41) is 5.63. The van der Waals surface area contributed by atoms with Crippen molar-refractivity contribution in [3.63, 3.8) is 0 Å². The van der Waals surface area contributed by atoms with Crippen LogP contribution in [-0.2, 0) is 0 Å². The summed E-state index contributed by atoms with van der Waals surface area (Å²) in [4.78, 5) is 1.32. The quantitative estimate of drug-likeness (QED) is 0.604. The molecule has 1 unspecified atom stereocenters. The second kappa shape index (κ2) is 7.19. The molecule has 2 aromatic rings. The number of nitrogens with one attached hydrogen (secondary N) is 1. The molecule has 0 radical (unpaired) electrons. The van der Waals surface area contributed by atoms with E-state index in [1.165, 1.54) is 10.5 Å². The number of hydrogen-bond donors (Lipinski definition) is 1. The van der Waals surface area contributed by atoms with E-state index < -0.39 is 0 Å². The molecule has 2 rings (SSSR count). The van der Waals surface area contributed by atoms with Crippen LogP contribution in [0.25, 0.3) is 0 Å². The highest BCUT2D eigenvalue weighted by Crippen LogP contribution is 2.24. The first kappa shape index (κ1) is 13.9. The minimum atomic E-state index is 0.366. The number of rotatable bonds is 6. The van der Waals surface area contributed by atoms with Crippen molar-refractivity contribution < 1.29 is 0 Å². The van der Waals surface area contributed by atoms with Gasteiger partial charge in [0.1, 0.15) is 0 Å². The van der Waals surface area contributed by atoms with Crippen molar-refractivity contribution >= 4 is 34.7 Å². The SMILES string of the molecule is CC(NCCSc1ccccc1)c1csc(Cl)c1. The third-order valence-electron chi connectivity index (χ3n) is 2.65. The van der Waals surface area contributed by atoms with Gasteiger partial charge in [-0.3, -0.25) is 0 Å². The standard InChI is InChI=1S/C14H16ClNS2/c1-11(12-9-14(15)18-10-12)16-7-8-17-13-5-3-2-4-6-13/h2-6,9-11,16H,7-8H2,1H3. The fourth-order valence-corrected chi connectivity index (χ4v) is 3.42. The lowest BCUT2D eigenvalue weighted by Gasteiger charge is -2.12. The Morgan fingerprint density at radius 3 is 2.78 bits per heavy atom. The second-order valence-corrected chi connectivity index (χ2v) is 6.73. The van der Waals surface area contributed by atoms with Crippen molar-refractivity contribution in [3.8, 4) is 0 Å². The number of benzene rings is 1. The first-order valence-electron chi connectivity index (χ1n) is 5.91. The average Bonchev–Trinajstić information content (AvgIpc) is 2.82. The predicted molar refractivity (Wildman–Crippen MR) is 82.9 cm³/mol. The number of thiophene rings is 1. The Morgan fingerprint density at radius 1 is 1.33 bits per heavy atom. The third kappa shape index (κ3) is 4.32. The molecule has 18 heavy (non-hydrogen) atoms. The molecule has 0 amide bonds. The van der Waals surface area contributed by atoms with Crippen molar-refractivity contribution in [3.05, 3.63) is 51.7 Å². The summed E-state index contributed by atoms with van der Waals surface area (Å²) in [5.74, 6) is 1.08. The molecule has 0 bridgehead atoms. The van der Waals surface area contributed by atoms with Gasteiger partial charge in [-0.05, 0) is 36.1 Å². The normalized spacial score (nSPS) is 12.6. The van der Waals surface area contributed by atoms with E-state index in [9.17, 15) is 0 Å². The molecule has 1 aromatic carbocycles. The van der Waals surface area contributed by atoms with Gasteiger partial charge in [-0.2, -0.15) is 0 Å². The summed E-state index contributed by atoms with van der Waals surface area (Å²) >= 11 is 9.40. The van der Waals surface area contributed by atoms with Gasteiger partial charge in [-0.1, -0.05) is 29.8 Å². The molecule has 0 fully saturated rings. The van der Waals surface area contributed by atoms with Crippen LogP contribution in [0.3, 0.4) is 0 Å². The smallest absolute Gasteiger partial charge is 0.0931 e. The zero-order valence-electron chi connectivity index (χ0n) is 10.2. The van der Waals surface area contributed by atoms with Crippen LogP contribution in [0, 0.1) is 0 Å². The highest BCUT2D eigenvalue weighted by Gasteiger charge is 2.06. The average molecular weight is 298 g/mol. The third-order valence-corrected chi connectivity index (χ3v) is 4.78. The van der Waals surface area contributed by atoms with Crippen LogP contribution in [0.2, 0.25) is 4.34 Å². The van der Waals surface area contributed by atoms with Crippen molar-refractivity contribution in [1.29, 1.82) is 0 Å². The molecule has 1 aromatic heterocycles. The fraction of sp³-hybridized carbons (Fsp3) is 0.286. The summed E-state index contributed by atoms with van der Waals surface area (Å²) < 4.78 is 0.859. The van der Waals surface area contributed by atoms with Gasteiger partial charge in [0.15, 0.2) is 0 Å². The lowest BCUT2D eigenvalue weighted by atomic mass is 10.2. The summed E-state index contributed by atoms with van der Waals surface area (Å²) in [5.41, 5.74) is 1.27. The Hall–Kier alpha value is -0.480. The van der Waals surface area contributed by atoms with Crippen molar-refractivity contribution in [1.82, 2.24) is 5.32 Å². The van der Waals surface area contributed by atoms with Gasteiger partial charge in [0, 0.05) is 23.2 Å². The summed E-state index contributed by atoms with van der Waals surface area (Å²) in [6.45, 7) is 3.17. The monoisotopic (exact) mass is 297 g/mol. The van der Waals surface area contributed by atoms with Crippen molar-refractivity contribution in [2.45, 2.75) is 17.9 Å². The van der Waals surface area contributed by atoms with Crippen LogP contribution in [-0.4, -0.2) is 12.3 Å². The molecule has 0 spiro atoms. The predicted octanol–water partition coefficient (Wildman–Crippen LogP) is 4.84. The van der Waals surface area contributed by atoms with Crippen LogP contribution in [0.4, 0.5) is 0 Å². The molecule has 0 saturated heterocycles. The zero-order valence-corrected chi connectivity index (χ0v) is 12.6. The van der Waals surface area contributed by atoms with Crippen molar-refractivity contribution in [2.75, 3.05) is 12.3 Å². The molecule has 1 heterocycles. The summed E-state index contributed by atoms with van der Waals surface area (Å²) in [6, 6.07) is 12.9. The second-order valence-electron chi connectivity index (χ2n) is 4.02. The van der Waals surface area contributed by atoms with Crippen LogP contribution < -0.4 is 5.32 Å². The maximum absolute atomic E-state index is 5.93. The first-order valence-corrected chi connectivity index (χ1v) is 8.15. The van der Waals surface area contributed by atoms with E-state index in [2.05, 4.69) is 41.9 Å². The van der Waals surface area contributed by atoms with Crippen LogP contribution >= 0.6 is 34.7 Å². The van der Waals surface area contributed by atoms with E-state index in [0.29, 0.717) is 6.04 Å². The van der Waals surface area contributed by atoms with E-state index in [1.807, 2.05) is 23.9 Å². The fourth-order valence-electron chi connectivity index (χ4n) is 1.63. The molecule has 96 valence electrons. The molecule has 1 atom stereocenters. The molecule has 1 N–H and O–H groups in total. The lowest BCUT2D eigenvalue weighted by molar-refractivity contribution is 0.603. The van der Waals surface area contributed by atoms with E-state index in [-0.39, 0.29) is 0 Å². The van der Waals surface area contributed by atoms with Gasteiger partial charge in [0.05, 0.1) is 4.34 Å². The minimum Gasteiger partial charge on any atom is -0.309 e. The van der Waals surface area contributed by atoms with Crippen LogP contribution in [0.15, 0.2) is 46.7 Å². The molecule has 0 saturated carbocycles. The Labute approximate surface area is 122 Å². The first-order chi connectivity index (χ1) is 8.75. The summed E-state index contributed by atoms with van der Waals surface area (Å²) in [7, 11) is 0. The molecular formula is C14H16ClNS2. The van der Waals surface area contributed by atoms with Crippen LogP contribution in [0.1, 0.15) is 18.5 Å². The number of thioether (sulfide) groups is 1. The van der Waals surface area contributed by atoms with Gasteiger partial charge >= 0.3 is 0 Å². The number of halogens is 1. The molecule has 1 nitrogen and oxygen atoms in total. The Kier molecular flexibility index (Phi) is 5.57. The Morgan fingerprint density at radius 2 is 2.11 bits per heavy atom. The summed E-state index contributed by atoms with van der Waals surface area (Å²) in [6.07, 6.45) is 0. The van der Waals surface area contributed by atoms with Gasteiger partial charge in [-0.25, -0.2) is 0 Å². The van der Waals surface area contributed by atoms with Crippen molar-refractivity contribution in [2.24, 2.45) is 0 Å².